The van der Waals surface area contributed by atoms with E-state index in [4.69, 9.17) is 9.47 Å². The Morgan fingerprint density at radius 2 is 1.85 bits per heavy atom. The van der Waals surface area contributed by atoms with Gasteiger partial charge in [-0.15, -0.1) is 0 Å². The first-order valence-corrected chi connectivity index (χ1v) is 9.13. The van der Waals surface area contributed by atoms with Crippen LogP contribution in [0.15, 0.2) is 48.5 Å². The van der Waals surface area contributed by atoms with Gasteiger partial charge < -0.3 is 19.5 Å². The Hall–Kier alpha value is -2.53. The molecule has 5 heteroatoms. The second-order valence-corrected chi connectivity index (χ2v) is 6.84. The van der Waals surface area contributed by atoms with Crippen LogP contribution < -0.4 is 9.47 Å². The number of rotatable bonds is 4. The molecular weight excluding hydrogens is 330 g/mol. The zero-order valence-electron chi connectivity index (χ0n) is 14.6. The molecule has 2 atom stereocenters. The van der Waals surface area contributed by atoms with Gasteiger partial charge in [0, 0.05) is 13.1 Å². The van der Waals surface area contributed by atoms with Crippen LogP contribution in [0.3, 0.4) is 0 Å². The molecular formula is C21H23NO4. The predicted octanol–water partition coefficient (Wildman–Crippen LogP) is 2.93. The SMILES string of the molecule is O=C1[C@@H]([C@H](O)c2ccc3c(c2)OCCO3)CCCN1Cc1ccccc1. The van der Waals surface area contributed by atoms with Gasteiger partial charge in [-0.2, -0.15) is 0 Å². The van der Waals surface area contributed by atoms with Crippen molar-refractivity contribution in [3.63, 3.8) is 0 Å². The van der Waals surface area contributed by atoms with E-state index in [1.54, 1.807) is 6.07 Å². The number of carbonyl (C=O) groups excluding carboxylic acids is 1. The number of fused-ring (bicyclic) bond motifs is 1. The lowest BCUT2D eigenvalue weighted by Gasteiger charge is -2.35. The maximum Gasteiger partial charge on any atom is 0.228 e. The van der Waals surface area contributed by atoms with Crippen molar-refractivity contribution in [2.24, 2.45) is 5.92 Å². The van der Waals surface area contributed by atoms with Crippen molar-refractivity contribution >= 4 is 5.91 Å². The van der Waals surface area contributed by atoms with Crippen LogP contribution >= 0.6 is 0 Å². The fourth-order valence-electron chi connectivity index (χ4n) is 3.70. The minimum absolute atomic E-state index is 0.0162. The molecule has 4 rings (SSSR count). The van der Waals surface area contributed by atoms with Crippen molar-refractivity contribution in [1.82, 2.24) is 4.90 Å². The molecule has 0 unspecified atom stereocenters. The summed E-state index contributed by atoms with van der Waals surface area (Å²) in [6.45, 7) is 2.35. The molecule has 2 aromatic carbocycles. The summed E-state index contributed by atoms with van der Waals surface area (Å²) in [5, 5.41) is 10.9. The minimum atomic E-state index is -0.836. The Labute approximate surface area is 153 Å². The molecule has 5 nitrogen and oxygen atoms in total. The highest BCUT2D eigenvalue weighted by molar-refractivity contribution is 5.80. The molecule has 0 aromatic heterocycles. The summed E-state index contributed by atoms with van der Waals surface area (Å²) in [6, 6.07) is 15.4. The second-order valence-electron chi connectivity index (χ2n) is 6.84. The summed E-state index contributed by atoms with van der Waals surface area (Å²) in [6.07, 6.45) is 0.752. The van der Waals surface area contributed by atoms with Gasteiger partial charge >= 0.3 is 0 Å². The van der Waals surface area contributed by atoms with Crippen molar-refractivity contribution < 1.29 is 19.4 Å². The number of piperidine rings is 1. The van der Waals surface area contributed by atoms with Gasteiger partial charge in [0.15, 0.2) is 11.5 Å². The van der Waals surface area contributed by atoms with Gasteiger partial charge in [-0.05, 0) is 36.1 Å². The van der Waals surface area contributed by atoms with Gasteiger partial charge in [0.25, 0.3) is 0 Å². The average molecular weight is 353 g/mol. The molecule has 1 fully saturated rings. The number of hydrogen-bond donors (Lipinski definition) is 1. The predicted molar refractivity (Wildman–Crippen MR) is 97.0 cm³/mol. The number of carbonyl (C=O) groups is 1. The molecule has 1 saturated heterocycles. The summed E-state index contributed by atoms with van der Waals surface area (Å²) < 4.78 is 11.1. The molecule has 1 N–H and O–H groups in total. The zero-order chi connectivity index (χ0) is 17.9. The Morgan fingerprint density at radius 1 is 1.08 bits per heavy atom. The number of likely N-dealkylation sites (tertiary alicyclic amines) is 1. The van der Waals surface area contributed by atoms with E-state index in [-0.39, 0.29) is 5.91 Å². The molecule has 0 spiro atoms. The number of amides is 1. The molecule has 26 heavy (non-hydrogen) atoms. The van der Waals surface area contributed by atoms with Gasteiger partial charge in [0.05, 0.1) is 12.0 Å². The van der Waals surface area contributed by atoms with Crippen molar-refractivity contribution in [2.45, 2.75) is 25.5 Å². The molecule has 2 aliphatic heterocycles. The number of nitrogens with zero attached hydrogens (tertiary/aromatic N) is 1. The van der Waals surface area contributed by atoms with E-state index in [1.165, 1.54) is 0 Å². The lowest BCUT2D eigenvalue weighted by Crippen LogP contribution is -2.42. The summed E-state index contributed by atoms with van der Waals surface area (Å²) in [5.41, 5.74) is 1.81. The molecule has 2 aromatic rings. The van der Waals surface area contributed by atoms with Gasteiger partial charge in [0.1, 0.15) is 13.2 Å². The summed E-state index contributed by atoms with van der Waals surface area (Å²) >= 11 is 0. The van der Waals surface area contributed by atoms with Crippen molar-refractivity contribution in [2.75, 3.05) is 19.8 Å². The maximum atomic E-state index is 12.9. The molecule has 136 valence electrons. The van der Waals surface area contributed by atoms with Crippen LogP contribution in [0, 0.1) is 5.92 Å². The van der Waals surface area contributed by atoms with Crippen LogP contribution in [-0.4, -0.2) is 35.7 Å². The first-order valence-electron chi connectivity index (χ1n) is 9.13. The van der Waals surface area contributed by atoms with Crippen LogP contribution in [0.5, 0.6) is 11.5 Å². The van der Waals surface area contributed by atoms with Crippen LogP contribution in [0.4, 0.5) is 0 Å². The van der Waals surface area contributed by atoms with E-state index in [0.29, 0.717) is 43.2 Å². The van der Waals surface area contributed by atoms with Crippen LogP contribution in [0.1, 0.15) is 30.1 Å². The number of hydrogen-bond acceptors (Lipinski definition) is 4. The summed E-state index contributed by atoms with van der Waals surface area (Å²) in [7, 11) is 0. The average Bonchev–Trinajstić information content (AvgIpc) is 2.69. The van der Waals surface area contributed by atoms with Crippen LogP contribution in [0.2, 0.25) is 0 Å². The second kappa shape index (κ2) is 7.38. The van der Waals surface area contributed by atoms with Crippen LogP contribution in [0.25, 0.3) is 0 Å². The third-order valence-electron chi connectivity index (χ3n) is 5.08. The zero-order valence-corrected chi connectivity index (χ0v) is 14.6. The van der Waals surface area contributed by atoms with Crippen molar-refractivity contribution in [1.29, 1.82) is 0 Å². The standard InChI is InChI=1S/C21H23NO4/c23-20(16-8-9-18-19(13-16)26-12-11-25-18)17-7-4-10-22(21(17)24)14-15-5-2-1-3-6-15/h1-3,5-6,8-9,13,17,20,23H,4,7,10-12,14H2/t17-,20-/m1/s1. The first-order chi connectivity index (χ1) is 12.7. The number of ether oxygens (including phenoxy) is 2. The highest BCUT2D eigenvalue weighted by atomic mass is 16.6. The van der Waals surface area contributed by atoms with Gasteiger partial charge in [-0.3, -0.25) is 4.79 Å². The molecule has 0 aliphatic carbocycles. The Bertz CT molecular complexity index is 777. The Morgan fingerprint density at radius 3 is 2.65 bits per heavy atom. The fraction of sp³-hybridized carbons (Fsp3) is 0.381. The molecule has 2 heterocycles. The van der Waals surface area contributed by atoms with E-state index in [1.807, 2.05) is 47.4 Å². The molecule has 0 saturated carbocycles. The number of aliphatic hydroxyl groups is 1. The Balaban J connectivity index is 1.50. The topological polar surface area (TPSA) is 59.0 Å². The summed E-state index contributed by atoms with van der Waals surface area (Å²) in [4.78, 5) is 14.8. The minimum Gasteiger partial charge on any atom is -0.486 e. The summed E-state index contributed by atoms with van der Waals surface area (Å²) in [5.74, 6) is 0.919. The Kier molecular flexibility index (Phi) is 4.80. The van der Waals surface area contributed by atoms with Gasteiger partial charge in [-0.25, -0.2) is 0 Å². The number of aliphatic hydroxyl groups excluding tert-OH is 1. The highest BCUT2D eigenvalue weighted by Gasteiger charge is 2.35. The third kappa shape index (κ3) is 3.40. The van der Waals surface area contributed by atoms with Crippen molar-refractivity contribution in [3.8, 4) is 11.5 Å². The normalized spacial score (nSPS) is 20.7. The number of benzene rings is 2. The maximum absolute atomic E-state index is 12.9. The van der Waals surface area contributed by atoms with E-state index in [0.717, 1.165) is 18.5 Å². The van der Waals surface area contributed by atoms with E-state index in [9.17, 15) is 9.90 Å². The molecule has 2 aliphatic rings. The van der Waals surface area contributed by atoms with E-state index >= 15 is 0 Å². The lowest BCUT2D eigenvalue weighted by molar-refractivity contribution is -0.143. The monoisotopic (exact) mass is 353 g/mol. The third-order valence-corrected chi connectivity index (χ3v) is 5.08. The quantitative estimate of drug-likeness (QED) is 0.918. The van der Waals surface area contributed by atoms with E-state index in [2.05, 4.69) is 0 Å². The fourth-order valence-corrected chi connectivity index (χ4v) is 3.70. The van der Waals surface area contributed by atoms with Crippen molar-refractivity contribution in [3.05, 3.63) is 59.7 Å². The van der Waals surface area contributed by atoms with Gasteiger partial charge in [-0.1, -0.05) is 36.4 Å². The largest absolute Gasteiger partial charge is 0.486 e. The first kappa shape index (κ1) is 16.9. The smallest absolute Gasteiger partial charge is 0.228 e. The van der Waals surface area contributed by atoms with Gasteiger partial charge in [0.2, 0.25) is 5.91 Å². The molecule has 1 amide bonds. The van der Waals surface area contributed by atoms with Crippen LogP contribution in [-0.2, 0) is 11.3 Å². The lowest BCUT2D eigenvalue weighted by atomic mass is 9.87. The molecule has 0 bridgehead atoms. The highest BCUT2D eigenvalue weighted by Crippen LogP contribution is 2.37. The van der Waals surface area contributed by atoms with E-state index < -0.39 is 12.0 Å². The molecule has 0 radical (unpaired) electrons.